The van der Waals surface area contributed by atoms with Crippen molar-refractivity contribution in [1.29, 1.82) is 5.26 Å². The maximum absolute atomic E-state index is 11.9. The van der Waals surface area contributed by atoms with Gasteiger partial charge in [-0.25, -0.2) is 4.79 Å². The molecule has 1 heterocycles. The van der Waals surface area contributed by atoms with Crippen LogP contribution in [0.5, 0.6) is 0 Å². The molecule has 0 aliphatic heterocycles. The van der Waals surface area contributed by atoms with Gasteiger partial charge < -0.3 is 4.98 Å². The highest BCUT2D eigenvalue weighted by molar-refractivity contribution is 5.68. The van der Waals surface area contributed by atoms with Crippen LogP contribution >= 0.6 is 0 Å². The zero-order valence-electron chi connectivity index (χ0n) is 9.10. The fraction of sp³-hybridized carbons (Fsp3) is 0.0833. The van der Waals surface area contributed by atoms with Crippen LogP contribution in [0.2, 0.25) is 0 Å². The SMILES string of the molecule is Cn1c(=O)[nH]cc(-c2ccccc2C#N)c1=O. The predicted molar refractivity (Wildman–Crippen MR) is 62.5 cm³/mol. The zero-order chi connectivity index (χ0) is 12.4. The quantitative estimate of drug-likeness (QED) is 0.775. The molecule has 1 N–H and O–H groups in total. The second-order valence-corrected chi connectivity index (χ2v) is 3.53. The molecule has 2 rings (SSSR count). The van der Waals surface area contributed by atoms with E-state index in [4.69, 9.17) is 5.26 Å². The molecule has 84 valence electrons. The molecule has 0 saturated heterocycles. The van der Waals surface area contributed by atoms with Gasteiger partial charge in [-0.3, -0.25) is 9.36 Å². The molecule has 0 radical (unpaired) electrons. The van der Waals surface area contributed by atoms with Gasteiger partial charge in [-0.1, -0.05) is 18.2 Å². The van der Waals surface area contributed by atoms with Crippen molar-refractivity contribution in [2.24, 2.45) is 7.05 Å². The minimum atomic E-state index is -0.479. The normalized spacial score (nSPS) is 9.88. The Morgan fingerprint density at radius 2 is 1.94 bits per heavy atom. The molecule has 0 atom stereocenters. The van der Waals surface area contributed by atoms with Gasteiger partial charge in [-0.2, -0.15) is 5.26 Å². The van der Waals surface area contributed by atoms with Gasteiger partial charge in [0.15, 0.2) is 0 Å². The molecular weight excluding hydrogens is 218 g/mol. The summed E-state index contributed by atoms with van der Waals surface area (Å²) >= 11 is 0. The number of nitrogens with one attached hydrogen (secondary N) is 1. The van der Waals surface area contributed by atoms with Gasteiger partial charge in [0.1, 0.15) is 0 Å². The predicted octanol–water partition coefficient (Wildman–Crippen LogP) is 0.612. The maximum Gasteiger partial charge on any atom is 0.328 e. The van der Waals surface area contributed by atoms with Crippen molar-refractivity contribution in [3.05, 3.63) is 56.9 Å². The summed E-state index contributed by atoms with van der Waals surface area (Å²) in [6.45, 7) is 0. The second kappa shape index (κ2) is 4.10. The Hall–Kier alpha value is -2.61. The first-order valence-electron chi connectivity index (χ1n) is 4.93. The van der Waals surface area contributed by atoms with Crippen LogP contribution in [0, 0.1) is 11.3 Å². The molecule has 0 aliphatic rings. The van der Waals surface area contributed by atoms with Crippen molar-refractivity contribution in [3.8, 4) is 17.2 Å². The van der Waals surface area contributed by atoms with E-state index in [-0.39, 0.29) is 0 Å². The number of hydrogen-bond acceptors (Lipinski definition) is 3. The van der Waals surface area contributed by atoms with Crippen LogP contribution < -0.4 is 11.2 Å². The average molecular weight is 227 g/mol. The van der Waals surface area contributed by atoms with Crippen LogP contribution in [-0.2, 0) is 7.05 Å². The molecule has 0 unspecified atom stereocenters. The van der Waals surface area contributed by atoms with Crippen molar-refractivity contribution >= 4 is 0 Å². The van der Waals surface area contributed by atoms with E-state index in [2.05, 4.69) is 4.98 Å². The summed E-state index contributed by atoms with van der Waals surface area (Å²) in [5, 5.41) is 8.96. The minimum absolute atomic E-state index is 0.309. The Morgan fingerprint density at radius 3 is 2.65 bits per heavy atom. The van der Waals surface area contributed by atoms with E-state index in [9.17, 15) is 9.59 Å². The topological polar surface area (TPSA) is 78.7 Å². The molecule has 1 aromatic heterocycles. The van der Waals surface area contributed by atoms with Crippen LogP contribution in [0.3, 0.4) is 0 Å². The van der Waals surface area contributed by atoms with E-state index < -0.39 is 11.2 Å². The summed E-state index contributed by atoms with van der Waals surface area (Å²) in [5.74, 6) is 0. The van der Waals surface area contributed by atoms with Crippen LogP contribution in [0.4, 0.5) is 0 Å². The van der Waals surface area contributed by atoms with E-state index in [0.717, 1.165) is 4.57 Å². The smallest absolute Gasteiger partial charge is 0.313 e. The standard InChI is InChI=1S/C12H9N3O2/c1-15-11(16)10(7-14-12(15)17)9-5-3-2-4-8(9)6-13/h2-5,7H,1H3,(H,14,17). The molecule has 0 amide bonds. The van der Waals surface area contributed by atoms with Crippen LogP contribution in [0.1, 0.15) is 5.56 Å². The summed E-state index contributed by atoms with van der Waals surface area (Å²) < 4.78 is 0.976. The van der Waals surface area contributed by atoms with Gasteiger partial charge in [-0.15, -0.1) is 0 Å². The molecule has 0 fully saturated rings. The Labute approximate surface area is 96.6 Å². The highest BCUT2D eigenvalue weighted by atomic mass is 16.2. The number of hydrogen-bond donors (Lipinski definition) is 1. The fourth-order valence-corrected chi connectivity index (χ4v) is 1.57. The Kier molecular flexibility index (Phi) is 2.63. The Bertz CT molecular complexity index is 720. The third kappa shape index (κ3) is 1.76. The summed E-state index contributed by atoms with van der Waals surface area (Å²) in [6.07, 6.45) is 1.33. The molecule has 5 nitrogen and oxygen atoms in total. The average Bonchev–Trinajstić information content (AvgIpc) is 2.36. The van der Waals surface area contributed by atoms with Crippen LogP contribution in [0.25, 0.3) is 11.1 Å². The Balaban J connectivity index is 2.80. The molecule has 0 aliphatic carbocycles. The summed E-state index contributed by atoms with van der Waals surface area (Å²) in [5.41, 5.74) is 0.331. The lowest BCUT2D eigenvalue weighted by molar-refractivity contribution is 0.778. The maximum atomic E-state index is 11.9. The first kappa shape index (κ1) is 10.9. The monoisotopic (exact) mass is 227 g/mol. The number of nitrogens with zero attached hydrogens (tertiary/aromatic N) is 2. The summed E-state index contributed by atoms with van der Waals surface area (Å²) in [4.78, 5) is 25.6. The number of H-pyrrole nitrogens is 1. The lowest BCUT2D eigenvalue weighted by Gasteiger charge is -2.04. The number of aromatic nitrogens is 2. The van der Waals surface area contributed by atoms with Gasteiger partial charge >= 0.3 is 5.69 Å². The number of rotatable bonds is 1. The first-order valence-corrected chi connectivity index (χ1v) is 4.93. The van der Waals surface area contributed by atoms with Crippen molar-refractivity contribution in [2.45, 2.75) is 0 Å². The molecule has 1 aromatic carbocycles. The molecule has 0 spiro atoms. The highest BCUT2D eigenvalue weighted by Gasteiger charge is 2.10. The van der Waals surface area contributed by atoms with Gasteiger partial charge in [0, 0.05) is 18.8 Å². The van der Waals surface area contributed by atoms with Crippen molar-refractivity contribution < 1.29 is 0 Å². The largest absolute Gasteiger partial charge is 0.328 e. The minimum Gasteiger partial charge on any atom is -0.313 e. The lowest BCUT2D eigenvalue weighted by Crippen LogP contribution is -2.33. The number of benzene rings is 1. The van der Waals surface area contributed by atoms with Gasteiger partial charge in [0.2, 0.25) is 0 Å². The zero-order valence-corrected chi connectivity index (χ0v) is 9.10. The van der Waals surface area contributed by atoms with Crippen molar-refractivity contribution in [3.63, 3.8) is 0 Å². The molecule has 2 aromatic rings. The van der Waals surface area contributed by atoms with Gasteiger partial charge in [0.05, 0.1) is 17.2 Å². The second-order valence-electron chi connectivity index (χ2n) is 3.53. The molecule has 0 bridgehead atoms. The van der Waals surface area contributed by atoms with E-state index >= 15 is 0 Å². The first-order chi connectivity index (χ1) is 8.15. The highest BCUT2D eigenvalue weighted by Crippen LogP contribution is 2.18. The third-order valence-corrected chi connectivity index (χ3v) is 2.52. The number of nitriles is 1. The molecule has 0 saturated carbocycles. The van der Waals surface area contributed by atoms with Crippen LogP contribution in [0.15, 0.2) is 40.1 Å². The van der Waals surface area contributed by atoms with Gasteiger partial charge in [-0.05, 0) is 6.07 Å². The van der Waals surface area contributed by atoms with Gasteiger partial charge in [0.25, 0.3) is 5.56 Å². The lowest BCUT2D eigenvalue weighted by atomic mass is 10.0. The molecule has 5 heteroatoms. The van der Waals surface area contributed by atoms with Crippen LogP contribution in [-0.4, -0.2) is 9.55 Å². The summed E-state index contributed by atoms with van der Waals surface area (Å²) in [6, 6.07) is 8.77. The van der Waals surface area contributed by atoms with E-state index in [1.54, 1.807) is 24.3 Å². The fourth-order valence-electron chi connectivity index (χ4n) is 1.57. The number of aromatic amines is 1. The van der Waals surface area contributed by atoms with E-state index in [1.807, 2.05) is 6.07 Å². The summed E-state index contributed by atoms with van der Waals surface area (Å²) in [7, 11) is 1.39. The van der Waals surface area contributed by atoms with E-state index in [0.29, 0.717) is 16.7 Å². The Morgan fingerprint density at radius 1 is 1.24 bits per heavy atom. The van der Waals surface area contributed by atoms with E-state index in [1.165, 1.54) is 13.2 Å². The van der Waals surface area contributed by atoms with Crippen molar-refractivity contribution in [1.82, 2.24) is 9.55 Å². The third-order valence-electron chi connectivity index (χ3n) is 2.52. The van der Waals surface area contributed by atoms with Crippen molar-refractivity contribution in [2.75, 3.05) is 0 Å². The molecule has 17 heavy (non-hydrogen) atoms. The molecular formula is C12H9N3O2.